The highest BCUT2D eigenvalue weighted by molar-refractivity contribution is 7.88. The van der Waals surface area contributed by atoms with Crippen molar-refractivity contribution in [2.45, 2.75) is 6.92 Å². The highest BCUT2D eigenvalue weighted by Crippen LogP contribution is 2.27. The van der Waals surface area contributed by atoms with Crippen molar-refractivity contribution in [3.8, 4) is 0 Å². The molecule has 2 heterocycles. The molecule has 0 unspecified atom stereocenters. The summed E-state index contributed by atoms with van der Waals surface area (Å²) in [6, 6.07) is 8.26. The van der Waals surface area contributed by atoms with Crippen molar-refractivity contribution >= 4 is 26.6 Å². The van der Waals surface area contributed by atoms with Gasteiger partial charge < -0.3 is 4.90 Å². The number of rotatable bonds is 2. The number of anilines is 1. The van der Waals surface area contributed by atoms with Crippen LogP contribution in [0.4, 0.5) is 5.69 Å². The number of pyridine rings is 1. The summed E-state index contributed by atoms with van der Waals surface area (Å²) >= 11 is 0. The number of hydrogen-bond acceptors (Lipinski definition) is 4. The monoisotopic (exact) mass is 305 g/mol. The molecule has 5 nitrogen and oxygen atoms in total. The number of nitrogens with zero attached hydrogens (tertiary/aromatic N) is 3. The summed E-state index contributed by atoms with van der Waals surface area (Å²) in [5.41, 5.74) is 3.31. The summed E-state index contributed by atoms with van der Waals surface area (Å²) in [4.78, 5) is 6.66. The molecule has 21 heavy (non-hydrogen) atoms. The number of fused-ring (bicyclic) bond motifs is 1. The Kier molecular flexibility index (Phi) is 3.59. The van der Waals surface area contributed by atoms with Crippen LogP contribution in [-0.4, -0.2) is 50.1 Å². The van der Waals surface area contributed by atoms with Gasteiger partial charge >= 0.3 is 0 Å². The number of sulfonamides is 1. The van der Waals surface area contributed by atoms with Gasteiger partial charge in [0.25, 0.3) is 0 Å². The molecule has 0 atom stereocenters. The van der Waals surface area contributed by atoms with Gasteiger partial charge in [-0.3, -0.25) is 4.98 Å². The Labute approximate surface area is 125 Å². The molecule has 1 aliphatic heterocycles. The fourth-order valence-electron chi connectivity index (χ4n) is 2.78. The van der Waals surface area contributed by atoms with E-state index in [1.54, 1.807) is 0 Å². The molecule has 0 saturated carbocycles. The Morgan fingerprint density at radius 1 is 1.10 bits per heavy atom. The molecule has 0 spiro atoms. The number of aryl methyl sites for hydroxylation is 1. The molecular formula is C15H19N3O2S. The molecule has 3 rings (SSSR count). The quantitative estimate of drug-likeness (QED) is 0.846. The fraction of sp³-hybridized carbons (Fsp3) is 0.400. The Hall–Kier alpha value is -1.66. The number of hydrogen-bond donors (Lipinski definition) is 0. The lowest BCUT2D eigenvalue weighted by molar-refractivity contribution is 0.388. The Balaban J connectivity index is 1.89. The van der Waals surface area contributed by atoms with Crippen LogP contribution in [-0.2, 0) is 10.0 Å². The van der Waals surface area contributed by atoms with Crippen LogP contribution >= 0.6 is 0 Å². The third kappa shape index (κ3) is 2.87. The molecule has 0 radical (unpaired) electrons. The highest BCUT2D eigenvalue weighted by Gasteiger charge is 2.24. The first-order valence-corrected chi connectivity index (χ1v) is 8.85. The second-order valence-electron chi connectivity index (χ2n) is 5.50. The number of piperazine rings is 1. The van der Waals surface area contributed by atoms with Crippen molar-refractivity contribution in [2.75, 3.05) is 37.3 Å². The first kappa shape index (κ1) is 14.3. The highest BCUT2D eigenvalue weighted by atomic mass is 32.2. The lowest BCUT2D eigenvalue weighted by Crippen LogP contribution is -2.48. The van der Waals surface area contributed by atoms with Gasteiger partial charge in [0.1, 0.15) is 0 Å². The lowest BCUT2D eigenvalue weighted by atomic mass is 10.1. The van der Waals surface area contributed by atoms with E-state index in [-0.39, 0.29) is 0 Å². The maximum absolute atomic E-state index is 11.6. The molecule has 112 valence electrons. The number of benzene rings is 1. The van der Waals surface area contributed by atoms with Crippen molar-refractivity contribution < 1.29 is 8.42 Å². The molecule has 1 aromatic heterocycles. The van der Waals surface area contributed by atoms with E-state index in [9.17, 15) is 8.42 Å². The minimum absolute atomic E-state index is 0.536. The maximum Gasteiger partial charge on any atom is 0.211 e. The summed E-state index contributed by atoms with van der Waals surface area (Å²) in [7, 11) is -3.09. The molecule has 6 heteroatoms. The predicted octanol–water partition coefficient (Wildman–Crippen LogP) is 1.62. The molecule has 0 aliphatic carbocycles. The van der Waals surface area contributed by atoms with E-state index in [0.29, 0.717) is 26.2 Å². The van der Waals surface area contributed by atoms with Gasteiger partial charge in [-0.2, -0.15) is 4.31 Å². The third-order valence-electron chi connectivity index (χ3n) is 3.92. The molecule has 2 aromatic rings. The van der Waals surface area contributed by atoms with Crippen molar-refractivity contribution in [1.82, 2.24) is 9.29 Å². The van der Waals surface area contributed by atoms with E-state index in [4.69, 9.17) is 0 Å². The van der Waals surface area contributed by atoms with Gasteiger partial charge in [-0.05, 0) is 24.6 Å². The van der Waals surface area contributed by atoms with E-state index in [2.05, 4.69) is 35.0 Å². The number of aromatic nitrogens is 1. The first-order valence-electron chi connectivity index (χ1n) is 7.00. The Morgan fingerprint density at radius 2 is 1.81 bits per heavy atom. The van der Waals surface area contributed by atoms with Gasteiger partial charge in [0.05, 0.1) is 11.8 Å². The fourth-order valence-corrected chi connectivity index (χ4v) is 3.61. The summed E-state index contributed by atoms with van der Waals surface area (Å²) < 4.78 is 24.7. The van der Waals surface area contributed by atoms with Gasteiger partial charge in [0.15, 0.2) is 0 Å². The van der Waals surface area contributed by atoms with E-state index < -0.39 is 10.0 Å². The first-order chi connectivity index (χ1) is 9.95. The van der Waals surface area contributed by atoms with Crippen LogP contribution in [0.1, 0.15) is 5.56 Å². The SMILES string of the molecule is Cc1ccc2c(N3CCN(S(C)(=O)=O)CC3)ccnc2c1. The van der Waals surface area contributed by atoms with Gasteiger partial charge in [0.2, 0.25) is 10.0 Å². The zero-order valence-corrected chi connectivity index (χ0v) is 13.1. The van der Waals surface area contributed by atoms with Crippen LogP contribution < -0.4 is 4.90 Å². The summed E-state index contributed by atoms with van der Waals surface area (Å²) in [5, 5.41) is 1.12. The Bertz CT molecular complexity index is 766. The normalized spacial score (nSPS) is 17.3. The molecule has 1 fully saturated rings. The second kappa shape index (κ2) is 5.27. The third-order valence-corrected chi connectivity index (χ3v) is 5.23. The average molecular weight is 305 g/mol. The van der Waals surface area contributed by atoms with Gasteiger partial charge in [0, 0.05) is 43.4 Å². The molecule has 1 aromatic carbocycles. The van der Waals surface area contributed by atoms with E-state index in [0.717, 1.165) is 16.6 Å². The zero-order valence-electron chi connectivity index (χ0n) is 12.3. The van der Waals surface area contributed by atoms with Crippen molar-refractivity contribution in [3.05, 3.63) is 36.0 Å². The minimum Gasteiger partial charge on any atom is -0.368 e. The molecular weight excluding hydrogens is 286 g/mol. The summed E-state index contributed by atoms with van der Waals surface area (Å²) in [5.74, 6) is 0. The van der Waals surface area contributed by atoms with Crippen LogP contribution in [0.5, 0.6) is 0 Å². The Morgan fingerprint density at radius 3 is 2.48 bits per heavy atom. The minimum atomic E-state index is -3.09. The van der Waals surface area contributed by atoms with Crippen molar-refractivity contribution in [2.24, 2.45) is 0 Å². The lowest BCUT2D eigenvalue weighted by Gasteiger charge is -2.35. The summed E-state index contributed by atoms with van der Waals surface area (Å²) in [6.07, 6.45) is 3.09. The maximum atomic E-state index is 11.6. The van der Waals surface area contributed by atoms with Crippen molar-refractivity contribution in [1.29, 1.82) is 0 Å². The largest absolute Gasteiger partial charge is 0.368 e. The molecule has 0 N–H and O–H groups in total. The molecule has 1 aliphatic rings. The van der Waals surface area contributed by atoms with Gasteiger partial charge in [-0.25, -0.2) is 8.42 Å². The standard InChI is InChI=1S/C15H19N3O2S/c1-12-3-4-13-14(11-12)16-6-5-15(13)17-7-9-18(10-8-17)21(2,19)20/h3-6,11H,7-10H2,1-2H3. The topological polar surface area (TPSA) is 53.5 Å². The summed E-state index contributed by atoms with van der Waals surface area (Å²) in [6.45, 7) is 4.54. The molecule has 0 bridgehead atoms. The van der Waals surface area contributed by atoms with Gasteiger partial charge in [-0.1, -0.05) is 12.1 Å². The smallest absolute Gasteiger partial charge is 0.211 e. The van der Waals surface area contributed by atoms with E-state index >= 15 is 0 Å². The average Bonchev–Trinajstić information content (AvgIpc) is 2.45. The van der Waals surface area contributed by atoms with Crippen LogP contribution in [0.15, 0.2) is 30.5 Å². The van der Waals surface area contributed by atoms with E-state index in [1.165, 1.54) is 16.1 Å². The second-order valence-corrected chi connectivity index (χ2v) is 7.48. The van der Waals surface area contributed by atoms with Crippen LogP contribution in [0.3, 0.4) is 0 Å². The van der Waals surface area contributed by atoms with Crippen LogP contribution in [0.2, 0.25) is 0 Å². The molecule has 1 saturated heterocycles. The van der Waals surface area contributed by atoms with Crippen LogP contribution in [0.25, 0.3) is 10.9 Å². The predicted molar refractivity (Wildman–Crippen MR) is 85.1 cm³/mol. The van der Waals surface area contributed by atoms with Crippen molar-refractivity contribution in [3.63, 3.8) is 0 Å². The zero-order chi connectivity index (χ0) is 15.0. The van der Waals surface area contributed by atoms with E-state index in [1.807, 2.05) is 12.3 Å². The van der Waals surface area contributed by atoms with Crippen LogP contribution in [0, 0.1) is 6.92 Å². The van der Waals surface area contributed by atoms with Gasteiger partial charge in [-0.15, -0.1) is 0 Å². The molecule has 0 amide bonds.